The molecule has 0 aliphatic heterocycles. The molecule has 0 fully saturated rings. The number of amides is 1. The number of nitrogens with zero attached hydrogens (tertiary/aromatic N) is 1. The van der Waals surface area contributed by atoms with Crippen molar-refractivity contribution >= 4 is 17.5 Å². The van der Waals surface area contributed by atoms with Crippen molar-refractivity contribution in [3.8, 4) is 11.8 Å². The molecule has 3 nitrogen and oxygen atoms in total. The Morgan fingerprint density at radius 1 is 1.14 bits per heavy atom. The van der Waals surface area contributed by atoms with Gasteiger partial charge in [0.2, 0.25) is 5.91 Å². The molecule has 0 heterocycles. The van der Waals surface area contributed by atoms with Crippen LogP contribution in [0.5, 0.6) is 0 Å². The third-order valence-electron chi connectivity index (χ3n) is 3.25. The Balaban J connectivity index is 2.22. The van der Waals surface area contributed by atoms with E-state index in [4.69, 9.17) is 11.6 Å². The summed E-state index contributed by atoms with van der Waals surface area (Å²) in [6.07, 6.45) is 0. The summed E-state index contributed by atoms with van der Waals surface area (Å²) in [7, 11) is 0. The number of hydrogen-bond acceptors (Lipinski definition) is 2. The zero-order valence-corrected chi connectivity index (χ0v) is 13.1. The molecule has 0 spiro atoms. The second-order valence-corrected chi connectivity index (χ2v) is 5.36. The minimum Gasteiger partial charge on any atom is -0.285 e. The minimum atomic E-state index is -0.421. The second kappa shape index (κ2) is 7.13. The van der Waals surface area contributed by atoms with Gasteiger partial charge in [-0.1, -0.05) is 35.6 Å². The highest BCUT2D eigenvalue weighted by atomic mass is 35.5. The summed E-state index contributed by atoms with van der Waals surface area (Å²) in [6, 6.07) is 14.3. The van der Waals surface area contributed by atoms with Gasteiger partial charge in [-0.25, -0.2) is 5.06 Å². The quantitative estimate of drug-likeness (QED) is 0.516. The van der Waals surface area contributed by atoms with Gasteiger partial charge in [-0.2, -0.15) is 0 Å². The van der Waals surface area contributed by atoms with Gasteiger partial charge in [-0.05, 0) is 48.9 Å². The number of benzene rings is 2. The Bertz CT molecular complexity index is 729. The lowest BCUT2D eigenvalue weighted by Crippen LogP contribution is -2.27. The van der Waals surface area contributed by atoms with Crippen molar-refractivity contribution < 1.29 is 10.0 Å². The van der Waals surface area contributed by atoms with Gasteiger partial charge in [0.05, 0.1) is 6.04 Å². The Hall–Kier alpha value is -2.28. The van der Waals surface area contributed by atoms with Crippen LogP contribution in [0, 0.1) is 11.8 Å². The van der Waals surface area contributed by atoms with Crippen LogP contribution in [0.3, 0.4) is 0 Å². The van der Waals surface area contributed by atoms with Gasteiger partial charge in [0, 0.05) is 23.1 Å². The molecule has 0 radical (unpaired) electrons. The normalized spacial score (nSPS) is 11.3. The fraction of sp³-hybridized carbons (Fsp3) is 0.167. The molecule has 1 N–H and O–H groups in total. The molecule has 0 saturated heterocycles. The molecule has 0 aliphatic carbocycles. The average molecular weight is 314 g/mol. The smallest absolute Gasteiger partial charge is 0.243 e. The number of halogens is 1. The maximum Gasteiger partial charge on any atom is 0.243 e. The summed E-state index contributed by atoms with van der Waals surface area (Å²) in [5, 5.41) is 11.1. The Labute approximate surface area is 135 Å². The van der Waals surface area contributed by atoms with E-state index in [0.29, 0.717) is 10.1 Å². The molecule has 0 aromatic heterocycles. The SMILES string of the molecule is CC(=O)N(O)C(C)c1cccc(C#Cc2ccc(Cl)cc2)c1. The van der Waals surface area contributed by atoms with Crippen molar-refractivity contribution in [2.24, 2.45) is 0 Å². The second-order valence-electron chi connectivity index (χ2n) is 4.92. The number of carbonyl (C=O) groups is 1. The summed E-state index contributed by atoms with van der Waals surface area (Å²) >= 11 is 5.84. The molecule has 2 aromatic carbocycles. The van der Waals surface area contributed by atoms with Crippen LogP contribution in [0.1, 0.15) is 36.6 Å². The van der Waals surface area contributed by atoms with Crippen LogP contribution in [0.25, 0.3) is 0 Å². The van der Waals surface area contributed by atoms with Gasteiger partial charge in [-0.15, -0.1) is 0 Å². The van der Waals surface area contributed by atoms with Crippen molar-refractivity contribution in [3.63, 3.8) is 0 Å². The highest BCUT2D eigenvalue weighted by Gasteiger charge is 2.16. The van der Waals surface area contributed by atoms with E-state index in [1.807, 2.05) is 36.4 Å². The molecule has 112 valence electrons. The Morgan fingerprint density at radius 2 is 1.77 bits per heavy atom. The summed E-state index contributed by atoms with van der Waals surface area (Å²) in [5.74, 6) is 5.72. The molecule has 1 amide bonds. The van der Waals surface area contributed by atoms with E-state index in [0.717, 1.165) is 16.7 Å². The predicted octanol–water partition coefficient (Wildman–Crippen LogP) is 4.04. The van der Waals surface area contributed by atoms with Crippen molar-refractivity contribution in [2.75, 3.05) is 0 Å². The Morgan fingerprint density at radius 3 is 2.41 bits per heavy atom. The van der Waals surface area contributed by atoms with Gasteiger partial charge in [0.25, 0.3) is 0 Å². The average Bonchev–Trinajstić information content (AvgIpc) is 2.53. The Kier molecular flexibility index (Phi) is 5.21. The van der Waals surface area contributed by atoms with Crippen LogP contribution in [0.15, 0.2) is 48.5 Å². The highest BCUT2D eigenvalue weighted by Crippen LogP contribution is 2.19. The van der Waals surface area contributed by atoms with E-state index >= 15 is 0 Å². The topological polar surface area (TPSA) is 40.5 Å². The molecule has 0 aliphatic rings. The lowest BCUT2D eigenvalue weighted by Gasteiger charge is -2.21. The van der Waals surface area contributed by atoms with Crippen molar-refractivity contribution in [1.82, 2.24) is 5.06 Å². The van der Waals surface area contributed by atoms with Crippen molar-refractivity contribution in [2.45, 2.75) is 19.9 Å². The van der Waals surface area contributed by atoms with Gasteiger partial charge in [-0.3, -0.25) is 10.0 Å². The van der Waals surface area contributed by atoms with Crippen LogP contribution in [-0.4, -0.2) is 16.2 Å². The molecule has 4 heteroatoms. The largest absolute Gasteiger partial charge is 0.285 e. The van der Waals surface area contributed by atoms with Crippen LogP contribution >= 0.6 is 11.6 Å². The third kappa shape index (κ3) is 4.11. The van der Waals surface area contributed by atoms with Crippen molar-refractivity contribution in [3.05, 3.63) is 70.2 Å². The van der Waals surface area contributed by atoms with Gasteiger partial charge in [0.1, 0.15) is 0 Å². The molecule has 0 saturated carbocycles. The molecular weight excluding hydrogens is 298 g/mol. The monoisotopic (exact) mass is 313 g/mol. The number of hydrogen-bond donors (Lipinski definition) is 1. The number of rotatable bonds is 2. The zero-order chi connectivity index (χ0) is 16.1. The lowest BCUT2D eigenvalue weighted by molar-refractivity contribution is -0.172. The predicted molar refractivity (Wildman–Crippen MR) is 86.6 cm³/mol. The summed E-state index contributed by atoms with van der Waals surface area (Å²) in [4.78, 5) is 11.2. The van der Waals surface area contributed by atoms with Crippen LogP contribution < -0.4 is 0 Å². The van der Waals surface area contributed by atoms with E-state index in [9.17, 15) is 10.0 Å². The third-order valence-corrected chi connectivity index (χ3v) is 3.51. The maximum absolute atomic E-state index is 11.2. The first-order valence-electron chi connectivity index (χ1n) is 6.83. The van der Waals surface area contributed by atoms with E-state index in [-0.39, 0.29) is 0 Å². The summed E-state index contributed by atoms with van der Waals surface area (Å²) in [6.45, 7) is 3.08. The fourth-order valence-corrected chi connectivity index (χ4v) is 2.09. The first-order valence-corrected chi connectivity index (χ1v) is 7.21. The summed E-state index contributed by atoms with van der Waals surface area (Å²) < 4.78 is 0. The van der Waals surface area contributed by atoms with E-state index in [1.165, 1.54) is 6.92 Å². The first kappa shape index (κ1) is 16.1. The number of hydroxylamine groups is 2. The van der Waals surface area contributed by atoms with Crippen molar-refractivity contribution in [1.29, 1.82) is 0 Å². The van der Waals surface area contributed by atoms with E-state index < -0.39 is 11.9 Å². The fourth-order valence-electron chi connectivity index (χ4n) is 1.97. The molecule has 1 unspecified atom stereocenters. The van der Waals surface area contributed by atoms with Gasteiger partial charge < -0.3 is 0 Å². The zero-order valence-electron chi connectivity index (χ0n) is 12.4. The number of carbonyl (C=O) groups excluding carboxylic acids is 1. The molecule has 2 rings (SSSR count). The van der Waals surface area contributed by atoms with Crippen LogP contribution in [0.2, 0.25) is 5.02 Å². The van der Waals surface area contributed by atoms with Gasteiger partial charge in [0.15, 0.2) is 0 Å². The molecule has 22 heavy (non-hydrogen) atoms. The molecule has 1 atom stereocenters. The molecule has 0 bridgehead atoms. The first-order chi connectivity index (χ1) is 10.5. The molecule has 2 aromatic rings. The van der Waals surface area contributed by atoms with Gasteiger partial charge >= 0.3 is 0 Å². The summed E-state index contributed by atoms with van der Waals surface area (Å²) in [5.41, 5.74) is 2.51. The minimum absolute atomic E-state index is 0.398. The van der Waals surface area contributed by atoms with Crippen LogP contribution in [0.4, 0.5) is 0 Å². The molecular formula is C18H16ClNO2. The highest BCUT2D eigenvalue weighted by molar-refractivity contribution is 6.30. The van der Waals surface area contributed by atoms with Crippen LogP contribution in [-0.2, 0) is 4.79 Å². The lowest BCUT2D eigenvalue weighted by atomic mass is 10.0. The van der Waals surface area contributed by atoms with E-state index in [2.05, 4.69) is 11.8 Å². The standard InChI is InChI=1S/C18H16ClNO2/c1-13(20(22)14(2)21)17-5-3-4-16(12-17)7-6-15-8-10-18(19)11-9-15/h3-5,8-13,22H,1-2H3. The maximum atomic E-state index is 11.2. The van der Waals surface area contributed by atoms with E-state index in [1.54, 1.807) is 19.1 Å².